The van der Waals surface area contributed by atoms with Crippen molar-refractivity contribution in [3.05, 3.63) is 44.0 Å². The first kappa shape index (κ1) is 64.5. The van der Waals surface area contributed by atoms with E-state index in [1.165, 1.54) is 128 Å². The molecule has 2 atom stereocenters. The van der Waals surface area contributed by atoms with Gasteiger partial charge in [-0.15, -0.1) is 0 Å². The van der Waals surface area contributed by atoms with E-state index >= 15 is 0 Å². The van der Waals surface area contributed by atoms with Crippen LogP contribution < -0.4 is 16.4 Å². The van der Waals surface area contributed by atoms with E-state index in [2.05, 4.69) is 19.2 Å². The number of phosphoric ester groups is 1. The van der Waals surface area contributed by atoms with Crippen molar-refractivity contribution in [1.29, 1.82) is 0 Å². The van der Waals surface area contributed by atoms with Gasteiger partial charge in [0.2, 0.25) is 5.91 Å². The first-order chi connectivity index (χ1) is 32.4. The van der Waals surface area contributed by atoms with Gasteiger partial charge in [0.25, 0.3) is 19.2 Å². The van der Waals surface area contributed by atoms with Gasteiger partial charge >= 0.3 is 11.9 Å². The summed E-state index contributed by atoms with van der Waals surface area (Å²) in [6, 6.07) is 3.59. The molecule has 1 amide bonds. The predicted molar refractivity (Wildman–Crippen MR) is 267 cm³/mol. The lowest BCUT2D eigenvalue weighted by molar-refractivity contribution is -0.394. The Morgan fingerprint density at radius 2 is 1.03 bits per heavy atom. The highest BCUT2D eigenvalue weighted by atomic mass is 31.2. The van der Waals surface area contributed by atoms with Crippen LogP contribution >= 0.6 is 7.82 Å². The summed E-state index contributed by atoms with van der Waals surface area (Å²) in [5.74, 6) is -1.29. The number of non-ortho nitro benzene ring substituents is 1. The molecule has 0 bridgehead atoms. The molecule has 17 nitrogen and oxygen atoms in total. The second-order valence-electron chi connectivity index (χ2n) is 17.9. The molecule has 0 aliphatic rings. The lowest BCUT2D eigenvalue weighted by Gasteiger charge is -2.25. The molecule has 0 aliphatic carbocycles. The molecule has 1 rings (SSSR count). The molecule has 0 saturated heterocycles. The maximum absolute atomic E-state index is 12.8. The van der Waals surface area contributed by atoms with Gasteiger partial charge in [0.1, 0.15) is 6.61 Å². The molecule has 1 unspecified atom stereocenters. The summed E-state index contributed by atoms with van der Waals surface area (Å²) in [6.07, 6.45) is 32.8. The topological polar surface area (TPSA) is 263 Å². The van der Waals surface area contributed by atoms with Crippen molar-refractivity contribution in [2.75, 3.05) is 26.4 Å². The van der Waals surface area contributed by atoms with E-state index in [9.17, 15) is 44.1 Å². The Morgan fingerprint density at radius 1 is 0.588 bits per heavy atom. The average Bonchev–Trinajstić information content (AvgIpc) is 3.30. The largest absolute Gasteiger partial charge is 0.756 e. The first-order valence-corrected chi connectivity index (χ1v) is 27.5. The van der Waals surface area contributed by atoms with Crippen LogP contribution in [-0.2, 0) is 43.9 Å². The number of nitrogens with zero attached hydrogens (tertiary/aromatic N) is 2. The number of aryl methyl sites for hydroxylation is 1. The van der Waals surface area contributed by atoms with Gasteiger partial charge in [-0.1, -0.05) is 181 Å². The lowest BCUT2D eigenvalue weighted by Crippen LogP contribution is -2.31. The summed E-state index contributed by atoms with van der Waals surface area (Å²) in [4.78, 5) is 71.3. The van der Waals surface area contributed by atoms with E-state index in [4.69, 9.17) is 18.5 Å². The van der Waals surface area contributed by atoms with Crippen LogP contribution in [0.25, 0.3) is 0 Å². The van der Waals surface area contributed by atoms with E-state index in [0.717, 1.165) is 44.6 Å². The predicted octanol–water partition coefficient (Wildman–Crippen LogP) is 13.4. The number of ether oxygens (including phenoxy) is 2. The molecule has 18 heteroatoms. The van der Waals surface area contributed by atoms with E-state index in [1.807, 2.05) is 0 Å². The van der Waals surface area contributed by atoms with Crippen LogP contribution in [0.3, 0.4) is 0 Å². The number of nitro groups is 2. The number of quaternary nitrogens is 1. The second kappa shape index (κ2) is 43.5. The summed E-state index contributed by atoms with van der Waals surface area (Å²) in [7, 11) is -4.88. The van der Waals surface area contributed by atoms with Crippen molar-refractivity contribution >= 4 is 37.0 Å². The van der Waals surface area contributed by atoms with Crippen LogP contribution in [0.4, 0.5) is 11.4 Å². The van der Waals surface area contributed by atoms with E-state index < -0.39 is 48.9 Å². The fourth-order valence-electron chi connectivity index (χ4n) is 7.84. The Kier molecular flexibility index (Phi) is 41.3. The number of carbonyl (C=O) groups is 3. The zero-order chi connectivity index (χ0) is 49.2. The van der Waals surface area contributed by atoms with E-state index in [1.54, 1.807) is 0 Å². The van der Waals surface area contributed by atoms with Crippen molar-refractivity contribution in [2.24, 2.45) is 0 Å². The fourth-order valence-corrected chi connectivity index (χ4v) is 8.58. The molecule has 1 aromatic carbocycles. The number of nitrogens with one attached hydrogen (secondary N) is 1. The van der Waals surface area contributed by atoms with Gasteiger partial charge in [-0.3, -0.25) is 39.2 Å². The second-order valence-corrected chi connectivity index (χ2v) is 19.4. The number of unbranched alkanes of at least 4 members (excludes halogenated alkanes) is 27. The Balaban J connectivity index is 0.0000449. The Labute approximate surface area is 408 Å². The quantitative estimate of drug-likeness (QED) is 0.0203. The van der Waals surface area contributed by atoms with Gasteiger partial charge < -0.3 is 34.9 Å². The molecule has 68 heavy (non-hydrogen) atoms. The summed E-state index contributed by atoms with van der Waals surface area (Å²) < 4.78 is 33.5. The molecule has 0 radical (unpaired) electrons. The first-order valence-electron chi connectivity index (χ1n) is 26.0. The highest BCUT2D eigenvalue weighted by Gasteiger charge is 2.22. The van der Waals surface area contributed by atoms with Gasteiger partial charge in [-0.2, -0.15) is 0 Å². The van der Waals surface area contributed by atoms with Crippen molar-refractivity contribution in [2.45, 2.75) is 238 Å². The molecule has 0 saturated carbocycles. The zero-order valence-corrected chi connectivity index (χ0v) is 43.2. The van der Waals surface area contributed by atoms with Crippen LogP contribution in [0.5, 0.6) is 0 Å². The standard InChI is InChI=1S/C50H88N3O13P.H3N/c1-3-5-7-9-11-13-15-17-19-21-23-25-31-35-49(55)63-42-46(66-50(56)36-32-26-24-22-20-18-16-14-12-10-8-6-4-2)43-65-67(61,62)64-40-39-51-48(54)34-30-28-27-29-33-44-37-38-45(52(57)58)41-47(44)53(59)60;/h37-38,41,46H,3-36,39-40,42-43H2,1-2H3,(H,51,54)(H,61,62);1H3/t46-;/m1./s1. The lowest BCUT2D eigenvalue weighted by atomic mass is 10.0. The number of nitro benzene ring substituents is 2. The monoisotopic (exact) mass is 987 g/mol. The number of rotatable bonds is 47. The highest BCUT2D eigenvalue weighted by molar-refractivity contribution is 7.45. The number of hydrogen-bond acceptors (Lipinski definition) is 13. The SMILES string of the molecule is CCCCCCCCCCCCCCCC(=O)OC[C@H](COP(=O)([O-])OCCNC(=O)CCCCCCc1ccc([N+](=O)[O-])cc1[N+](=O)[O-])OC(=O)CCCCCCCCCCCCCCC.[NH4+]. The minimum atomic E-state index is -4.88. The van der Waals surface area contributed by atoms with E-state index in [-0.39, 0.29) is 55.8 Å². The number of benzene rings is 1. The molecule has 0 fully saturated rings. The minimum absolute atomic E-state index is 0. The Bertz CT molecular complexity index is 1540. The Hall–Kier alpha value is -3.50. The molecule has 0 spiro atoms. The third kappa shape index (κ3) is 37.4. The number of amides is 1. The normalized spacial score (nSPS) is 12.5. The summed E-state index contributed by atoms with van der Waals surface area (Å²) in [6.45, 7) is 3.02. The van der Waals surface area contributed by atoms with Gasteiger partial charge in [-0.25, -0.2) is 0 Å². The van der Waals surface area contributed by atoms with Crippen LogP contribution in [-0.4, -0.2) is 60.2 Å². The summed E-state index contributed by atoms with van der Waals surface area (Å²) in [5, 5.41) is 24.9. The van der Waals surface area contributed by atoms with Crippen LogP contribution in [0.2, 0.25) is 0 Å². The average molecular weight is 987 g/mol. The fraction of sp³-hybridized carbons (Fsp3) is 0.820. The van der Waals surface area contributed by atoms with Gasteiger partial charge in [0.05, 0.1) is 29.1 Å². The maximum Gasteiger partial charge on any atom is 0.306 e. The summed E-state index contributed by atoms with van der Waals surface area (Å²) in [5.41, 5.74) is -0.231. The molecule has 394 valence electrons. The molecule has 0 heterocycles. The van der Waals surface area contributed by atoms with E-state index in [0.29, 0.717) is 50.5 Å². The smallest absolute Gasteiger partial charge is 0.306 e. The van der Waals surface area contributed by atoms with Gasteiger partial charge in [0.15, 0.2) is 6.10 Å². The number of esters is 2. The molecule has 0 aliphatic heterocycles. The molecular weight excluding hydrogens is 896 g/mol. The summed E-state index contributed by atoms with van der Waals surface area (Å²) >= 11 is 0. The van der Waals surface area contributed by atoms with Crippen molar-refractivity contribution in [3.63, 3.8) is 0 Å². The number of phosphoric acid groups is 1. The van der Waals surface area contributed by atoms with Crippen LogP contribution in [0, 0.1) is 20.2 Å². The molecule has 0 aromatic heterocycles. The maximum atomic E-state index is 12.8. The molecular formula is C50H91N4O13P. The number of carbonyl (C=O) groups excluding carboxylic acids is 3. The third-order valence-corrected chi connectivity index (χ3v) is 12.8. The molecule has 1 aromatic rings. The minimum Gasteiger partial charge on any atom is -0.756 e. The van der Waals surface area contributed by atoms with Gasteiger partial charge in [-0.05, 0) is 38.2 Å². The van der Waals surface area contributed by atoms with Crippen molar-refractivity contribution < 1.29 is 52.2 Å². The third-order valence-electron chi connectivity index (χ3n) is 11.9. The zero-order valence-electron chi connectivity index (χ0n) is 42.3. The van der Waals surface area contributed by atoms with Crippen LogP contribution in [0.1, 0.15) is 231 Å². The molecule has 5 N–H and O–H groups in total. The van der Waals surface area contributed by atoms with Crippen molar-refractivity contribution in [3.8, 4) is 0 Å². The Morgan fingerprint density at radius 3 is 1.50 bits per heavy atom. The highest BCUT2D eigenvalue weighted by Crippen LogP contribution is 2.38. The van der Waals surface area contributed by atoms with Crippen molar-refractivity contribution in [1.82, 2.24) is 11.5 Å². The number of hydrogen-bond donors (Lipinski definition) is 2. The van der Waals surface area contributed by atoms with Crippen LogP contribution in [0.15, 0.2) is 18.2 Å². The van der Waals surface area contributed by atoms with Gasteiger partial charge in [0, 0.05) is 37.4 Å².